The normalized spacial score (nSPS) is 13.3. The number of aryl methyl sites for hydroxylation is 2. The van der Waals surface area contributed by atoms with Crippen LogP contribution in [0.15, 0.2) is 158 Å². The van der Waals surface area contributed by atoms with Gasteiger partial charge in [0.15, 0.2) is 0 Å². The molecule has 55 heavy (non-hydrogen) atoms. The van der Waals surface area contributed by atoms with Crippen molar-refractivity contribution in [3.8, 4) is 50.6 Å². The summed E-state index contributed by atoms with van der Waals surface area (Å²) in [6, 6.07) is 53.9. The molecule has 0 bridgehead atoms. The van der Waals surface area contributed by atoms with E-state index in [1.54, 1.807) is 23.5 Å². The van der Waals surface area contributed by atoms with Gasteiger partial charge in [0.05, 0.1) is 30.6 Å². The molecule has 1 radical (unpaired) electrons. The van der Waals surface area contributed by atoms with Crippen LogP contribution in [0.1, 0.15) is 19.4 Å². The van der Waals surface area contributed by atoms with E-state index in [-0.39, 0.29) is 31.2 Å². The van der Waals surface area contributed by atoms with Crippen molar-refractivity contribution < 1.29 is 28.3 Å². The van der Waals surface area contributed by atoms with Gasteiger partial charge in [-0.25, -0.2) is 0 Å². The molecule has 0 fully saturated rings. The molecule has 3 aromatic heterocycles. The predicted molar refractivity (Wildman–Crippen MR) is 233 cm³/mol. The van der Waals surface area contributed by atoms with Gasteiger partial charge < -0.3 is 9.55 Å². The summed E-state index contributed by atoms with van der Waals surface area (Å²) in [7, 11) is -1.50. The number of thiophene rings is 1. The van der Waals surface area contributed by atoms with E-state index < -0.39 is 21.8 Å². The molecule has 0 unspecified atom stereocenters. The van der Waals surface area contributed by atoms with Gasteiger partial charge in [0.1, 0.15) is 0 Å². The maximum atomic E-state index is 7.28. The fraction of sp³-hybridized carbons (Fsp3) is 0.102. The first kappa shape index (κ1) is 31.0. The molecule has 0 N–H and O–H groups in total. The Balaban J connectivity index is 0.000000226. The molecule has 6 heteroatoms. The largest absolute Gasteiger partial charge is 0.332 e. The van der Waals surface area contributed by atoms with Crippen molar-refractivity contribution in [2.75, 3.05) is 0 Å². The summed E-state index contributed by atoms with van der Waals surface area (Å²) in [6.45, 7) is 2.87. The summed E-state index contributed by atoms with van der Waals surface area (Å²) in [5.74, 6) is 0.931. The van der Waals surface area contributed by atoms with Crippen LogP contribution in [0.3, 0.4) is 0 Å². The van der Waals surface area contributed by atoms with Crippen LogP contribution in [0, 0.1) is 25.2 Å². The Bertz CT molecular complexity index is 2810. The van der Waals surface area contributed by atoms with Gasteiger partial charge in [0.25, 0.3) is 0 Å². The van der Waals surface area contributed by atoms with Crippen molar-refractivity contribution >= 4 is 45.7 Å². The van der Waals surface area contributed by atoms with Crippen molar-refractivity contribution in [3.63, 3.8) is 0 Å². The van der Waals surface area contributed by atoms with Gasteiger partial charge >= 0.3 is 0 Å². The molecular weight excluding hydrogens is 883 g/mol. The molecule has 0 aliphatic rings. The average Bonchev–Trinajstić information content (AvgIpc) is 3.85. The van der Waals surface area contributed by atoms with E-state index >= 15 is 0 Å². The minimum Gasteiger partial charge on any atom is -0.332 e. The quantitative estimate of drug-likeness (QED) is 0.123. The Morgan fingerprint density at radius 3 is 1.98 bits per heavy atom. The van der Waals surface area contributed by atoms with Crippen molar-refractivity contribution in [1.82, 2.24) is 14.5 Å². The summed E-state index contributed by atoms with van der Waals surface area (Å²) in [5.41, 5.74) is 10.5. The second-order valence-electron chi connectivity index (χ2n) is 14.2. The molecule has 6 aromatic carbocycles. The number of aromatic nitrogens is 3. The zero-order valence-corrected chi connectivity index (χ0v) is 34.8. The van der Waals surface area contributed by atoms with Crippen LogP contribution in [0.4, 0.5) is 0 Å². The van der Waals surface area contributed by atoms with E-state index in [1.165, 1.54) is 61.9 Å². The number of hydrogen-bond acceptors (Lipinski definition) is 3. The topological polar surface area (TPSA) is 30.7 Å². The number of rotatable bonds is 6. The fourth-order valence-corrected chi connectivity index (χ4v) is 8.63. The van der Waals surface area contributed by atoms with Crippen molar-refractivity contribution in [1.29, 1.82) is 0 Å². The molecule has 3 nitrogen and oxygen atoms in total. The van der Waals surface area contributed by atoms with Gasteiger partial charge in [-0.15, -0.1) is 46.8 Å². The molecule has 0 saturated heterocycles. The van der Waals surface area contributed by atoms with Crippen LogP contribution in [-0.4, -0.2) is 22.6 Å². The predicted octanol–water partition coefficient (Wildman–Crippen LogP) is 12.7. The van der Waals surface area contributed by atoms with Crippen LogP contribution in [0.25, 0.3) is 71.7 Å². The maximum absolute atomic E-state index is 7.28. The summed E-state index contributed by atoms with van der Waals surface area (Å²) in [5, 5.41) is 6.36. The minimum absolute atomic E-state index is 0. The smallest absolute Gasteiger partial charge is 0.0774 e. The van der Waals surface area contributed by atoms with Crippen molar-refractivity contribution in [2.45, 2.75) is 33.3 Å². The summed E-state index contributed by atoms with van der Waals surface area (Å²) in [4.78, 5) is 9.37. The number of imidazole rings is 1. The molecule has 0 spiro atoms. The number of para-hydroxylation sites is 3. The Morgan fingerprint density at radius 2 is 1.36 bits per heavy atom. The molecule has 9 rings (SSSR count). The number of nitrogens with zero attached hydrogens (tertiary/aromatic N) is 3. The first-order chi connectivity index (χ1) is 28.7. The Hall–Kier alpha value is -5.23. The van der Waals surface area contributed by atoms with Gasteiger partial charge in [-0.3, -0.25) is 16.3 Å². The molecule has 3 heterocycles. The Morgan fingerprint density at radius 1 is 0.691 bits per heavy atom. The van der Waals surface area contributed by atoms with Crippen LogP contribution in [-0.2, 0) is 20.1 Å². The van der Waals surface area contributed by atoms with Gasteiger partial charge in [0, 0.05) is 45.7 Å². The zero-order valence-electron chi connectivity index (χ0n) is 36.6. The number of hydrogen-bond donors (Lipinski definition) is 0. The Kier molecular flexibility index (Phi) is 9.16. The molecule has 0 aliphatic carbocycles. The van der Waals surface area contributed by atoms with Crippen LogP contribution in [0.5, 0.6) is 0 Å². The van der Waals surface area contributed by atoms with Gasteiger partial charge in [0.2, 0.25) is 0 Å². The second-order valence-corrected chi connectivity index (χ2v) is 20.1. The van der Waals surface area contributed by atoms with E-state index in [9.17, 15) is 0 Å². The van der Waals surface area contributed by atoms with E-state index in [0.29, 0.717) is 11.3 Å². The molecule has 9 aromatic rings. The van der Waals surface area contributed by atoms with Gasteiger partial charge in [-0.2, -0.15) is 0 Å². The van der Waals surface area contributed by atoms with Crippen molar-refractivity contribution in [3.05, 3.63) is 180 Å². The number of benzene rings is 6. The minimum atomic E-state index is -2.18. The summed E-state index contributed by atoms with van der Waals surface area (Å²) >= 11 is 1.68. The first-order valence-electron chi connectivity index (χ1n) is 20.8. The molecule has 273 valence electrons. The molecule has 0 atom stereocenters. The SMILES string of the molecule is C[Si](C)(C)c1ccc2s[c-]c(-c3nc4ccccc4n3-c3c(-c4ccccc4)cccc3-c3ccccc3)c2c1.[2H]C([2H])([2H])c1c[c-]c(-c2ccc(C([2H])([2H])[2H])cn2)cc1.[Ir]. The van der Waals surface area contributed by atoms with E-state index in [0.717, 1.165) is 28.1 Å². The van der Waals surface area contributed by atoms with Crippen LogP contribution in [0.2, 0.25) is 19.6 Å². The van der Waals surface area contributed by atoms with Crippen LogP contribution < -0.4 is 5.19 Å². The van der Waals surface area contributed by atoms with E-state index in [2.05, 4.69) is 162 Å². The van der Waals surface area contributed by atoms with Gasteiger partial charge in [-0.1, -0.05) is 163 Å². The molecule has 0 aliphatic heterocycles. The summed E-state index contributed by atoms with van der Waals surface area (Å²) in [6.07, 6.45) is 1.30. The monoisotopic (exact) mass is 930 g/mol. The van der Waals surface area contributed by atoms with E-state index in [1.807, 2.05) is 0 Å². The maximum Gasteiger partial charge on any atom is 0.0774 e. The molecular formula is C49H41IrN3SSi-2. The Labute approximate surface area is 351 Å². The summed E-state index contributed by atoms with van der Waals surface area (Å²) < 4.78 is 47.3. The first-order valence-corrected chi connectivity index (χ1v) is 22.1. The zero-order chi connectivity index (χ0) is 42.2. The second kappa shape index (κ2) is 16.2. The van der Waals surface area contributed by atoms with Gasteiger partial charge in [-0.05, 0) is 41.4 Å². The molecule has 0 amide bonds. The standard InChI is InChI=1S/C36H29N2SSi.C13H12N.Ir/c1-40(2,3)27-21-22-34-30(23-27)31(24-39-34)36-37-32-19-10-11-20-33(32)38(36)35-28(25-13-6-4-7-14-25)17-12-18-29(35)26-15-8-5-9-16-26;1-10-3-6-12(7-4-10)13-8-5-11(2)9-14-13;/h4-23H,1-3H3;3-6,8-9H,1-2H3;/q2*-1;/i;1D3,2D3;. The third-order valence-corrected chi connectivity index (χ3v) is 12.4. The third-order valence-electron chi connectivity index (χ3n) is 9.44. The van der Waals surface area contributed by atoms with Crippen molar-refractivity contribution in [2.24, 2.45) is 0 Å². The number of fused-ring (bicyclic) bond motifs is 2. The number of pyridine rings is 1. The fourth-order valence-electron chi connectivity index (χ4n) is 6.65. The van der Waals surface area contributed by atoms with E-state index in [4.69, 9.17) is 13.2 Å². The average molecular weight is 930 g/mol. The third kappa shape index (κ3) is 7.96. The van der Waals surface area contributed by atoms with Crippen LogP contribution >= 0.6 is 11.3 Å². The molecule has 0 saturated carbocycles.